The Hall–Kier alpha value is -0.410. The molecule has 0 aliphatic heterocycles. The van der Waals surface area contributed by atoms with Gasteiger partial charge in [-0.1, -0.05) is 6.92 Å². The molecule has 72 valence electrons. The van der Waals surface area contributed by atoms with E-state index in [1.54, 1.807) is 6.20 Å². The van der Waals surface area contributed by atoms with Gasteiger partial charge in [0.05, 0.1) is 11.2 Å². The van der Waals surface area contributed by atoms with Crippen molar-refractivity contribution in [1.29, 1.82) is 0 Å². The summed E-state index contributed by atoms with van der Waals surface area (Å²) in [5, 5.41) is 0. The Morgan fingerprint density at radius 1 is 1.62 bits per heavy atom. The van der Waals surface area contributed by atoms with Crippen molar-refractivity contribution in [3.63, 3.8) is 0 Å². The number of pyridine rings is 1. The molecule has 1 aromatic rings. The zero-order valence-corrected chi connectivity index (χ0v) is 9.85. The summed E-state index contributed by atoms with van der Waals surface area (Å²) in [5.74, 6) is 0. The van der Waals surface area contributed by atoms with Crippen molar-refractivity contribution in [2.45, 2.75) is 32.7 Å². The largest absolute Gasteiger partial charge is 0.320 e. The van der Waals surface area contributed by atoms with Crippen LogP contribution in [0.15, 0.2) is 16.7 Å². The van der Waals surface area contributed by atoms with Crippen LogP contribution in [-0.2, 0) is 5.54 Å². The third-order valence-electron chi connectivity index (χ3n) is 2.36. The number of halogens is 1. The number of nitrogens with two attached hydrogens (primary N) is 1. The quantitative estimate of drug-likeness (QED) is 0.867. The fraction of sp³-hybridized carbons (Fsp3) is 0.500. The normalized spacial score (nSPS) is 15.5. The Morgan fingerprint density at radius 3 is 2.77 bits per heavy atom. The highest BCUT2D eigenvalue weighted by Crippen LogP contribution is 2.28. The van der Waals surface area contributed by atoms with Crippen molar-refractivity contribution in [1.82, 2.24) is 4.98 Å². The van der Waals surface area contributed by atoms with Crippen molar-refractivity contribution in [2.75, 3.05) is 0 Å². The highest BCUT2D eigenvalue weighted by Gasteiger charge is 2.23. The van der Waals surface area contributed by atoms with Crippen LogP contribution in [0.1, 0.15) is 31.5 Å². The molecular weight excluding hydrogens is 228 g/mol. The summed E-state index contributed by atoms with van der Waals surface area (Å²) < 4.78 is 1.03. The summed E-state index contributed by atoms with van der Waals surface area (Å²) in [5.41, 5.74) is 7.89. The first-order valence-electron chi connectivity index (χ1n) is 4.39. The van der Waals surface area contributed by atoms with Crippen molar-refractivity contribution in [2.24, 2.45) is 5.73 Å². The molecule has 3 heteroatoms. The van der Waals surface area contributed by atoms with E-state index in [1.807, 2.05) is 19.9 Å². The van der Waals surface area contributed by atoms with Crippen LogP contribution >= 0.6 is 15.9 Å². The molecule has 0 bridgehead atoms. The van der Waals surface area contributed by atoms with Gasteiger partial charge in [-0.05, 0) is 47.8 Å². The maximum absolute atomic E-state index is 6.11. The lowest BCUT2D eigenvalue weighted by atomic mass is 9.94. The maximum Gasteiger partial charge on any atom is 0.0743 e. The summed E-state index contributed by atoms with van der Waals surface area (Å²) >= 11 is 3.51. The van der Waals surface area contributed by atoms with Gasteiger partial charge >= 0.3 is 0 Å². The minimum absolute atomic E-state index is 0.342. The van der Waals surface area contributed by atoms with Gasteiger partial charge in [-0.25, -0.2) is 0 Å². The molecule has 1 aromatic heterocycles. The molecule has 0 saturated carbocycles. The van der Waals surface area contributed by atoms with Crippen LogP contribution in [0.4, 0.5) is 0 Å². The van der Waals surface area contributed by atoms with E-state index in [1.165, 1.54) is 5.56 Å². The zero-order valence-electron chi connectivity index (χ0n) is 8.26. The van der Waals surface area contributed by atoms with Gasteiger partial charge in [-0.2, -0.15) is 0 Å². The van der Waals surface area contributed by atoms with Crippen LogP contribution in [0.2, 0.25) is 0 Å². The van der Waals surface area contributed by atoms with Crippen molar-refractivity contribution in [3.05, 3.63) is 28.0 Å². The first-order valence-corrected chi connectivity index (χ1v) is 5.19. The summed E-state index contributed by atoms with van der Waals surface area (Å²) in [6, 6.07) is 1.97. The van der Waals surface area contributed by atoms with E-state index < -0.39 is 0 Å². The molecule has 0 aromatic carbocycles. The minimum atomic E-state index is -0.342. The predicted octanol–water partition coefficient (Wildman–Crippen LogP) is 2.74. The van der Waals surface area contributed by atoms with Gasteiger partial charge in [-0.15, -0.1) is 0 Å². The van der Waals surface area contributed by atoms with Crippen LogP contribution in [0.3, 0.4) is 0 Å². The SMILES string of the molecule is CCC(C)(N)c1nccc(C)c1Br. The molecule has 1 heterocycles. The second-order valence-electron chi connectivity index (χ2n) is 3.56. The molecule has 1 atom stereocenters. The number of nitrogens with zero attached hydrogens (tertiary/aromatic N) is 1. The lowest BCUT2D eigenvalue weighted by molar-refractivity contribution is 0.459. The van der Waals surface area contributed by atoms with E-state index in [9.17, 15) is 0 Å². The fourth-order valence-electron chi connectivity index (χ4n) is 1.11. The Balaban J connectivity index is 3.22. The molecule has 2 nitrogen and oxygen atoms in total. The van der Waals surface area contributed by atoms with Crippen LogP contribution in [0.25, 0.3) is 0 Å². The molecule has 0 spiro atoms. The standard InChI is InChI=1S/C10H15BrN2/c1-4-10(3,12)9-8(11)7(2)5-6-13-9/h5-6H,4,12H2,1-3H3. The van der Waals surface area contributed by atoms with Crippen LogP contribution in [0, 0.1) is 6.92 Å². The zero-order chi connectivity index (χ0) is 10.1. The lowest BCUT2D eigenvalue weighted by Gasteiger charge is -2.23. The third-order valence-corrected chi connectivity index (χ3v) is 3.36. The number of rotatable bonds is 2. The average molecular weight is 243 g/mol. The van der Waals surface area contributed by atoms with Gasteiger partial charge in [-0.3, -0.25) is 4.98 Å². The molecule has 2 N–H and O–H groups in total. The molecule has 1 rings (SSSR count). The highest BCUT2D eigenvalue weighted by atomic mass is 79.9. The Labute approximate surface area is 87.7 Å². The van der Waals surface area contributed by atoms with E-state index in [-0.39, 0.29) is 5.54 Å². The first kappa shape index (κ1) is 10.7. The summed E-state index contributed by atoms with van der Waals surface area (Å²) in [6.07, 6.45) is 2.68. The van der Waals surface area contributed by atoms with E-state index in [4.69, 9.17) is 5.73 Å². The van der Waals surface area contributed by atoms with E-state index in [0.717, 1.165) is 16.6 Å². The van der Waals surface area contributed by atoms with Crippen LogP contribution < -0.4 is 5.73 Å². The fourth-order valence-corrected chi connectivity index (χ4v) is 1.79. The van der Waals surface area contributed by atoms with Crippen molar-refractivity contribution < 1.29 is 0 Å². The molecule has 1 unspecified atom stereocenters. The number of aryl methyl sites for hydroxylation is 1. The van der Waals surface area contributed by atoms with Gasteiger partial charge in [0.1, 0.15) is 0 Å². The third kappa shape index (κ3) is 2.09. The van der Waals surface area contributed by atoms with Crippen LogP contribution in [0.5, 0.6) is 0 Å². The van der Waals surface area contributed by atoms with Crippen molar-refractivity contribution in [3.8, 4) is 0 Å². The van der Waals surface area contributed by atoms with Gasteiger partial charge in [0.2, 0.25) is 0 Å². The smallest absolute Gasteiger partial charge is 0.0743 e. The molecule has 0 amide bonds. The summed E-state index contributed by atoms with van der Waals surface area (Å²) in [7, 11) is 0. The molecule has 0 fully saturated rings. The molecule has 0 radical (unpaired) electrons. The summed E-state index contributed by atoms with van der Waals surface area (Å²) in [4.78, 5) is 4.31. The van der Waals surface area contributed by atoms with Gasteiger partial charge < -0.3 is 5.73 Å². The van der Waals surface area contributed by atoms with Crippen LogP contribution in [-0.4, -0.2) is 4.98 Å². The highest BCUT2D eigenvalue weighted by molar-refractivity contribution is 9.10. The topological polar surface area (TPSA) is 38.9 Å². The minimum Gasteiger partial charge on any atom is -0.320 e. The van der Waals surface area contributed by atoms with Gasteiger partial charge in [0.15, 0.2) is 0 Å². The molecule has 0 saturated heterocycles. The molecular formula is C10H15BrN2. The summed E-state index contributed by atoms with van der Waals surface area (Å²) in [6.45, 7) is 6.11. The maximum atomic E-state index is 6.11. The molecule has 0 aliphatic carbocycles. The second-order valence-corrected chi connectivity index (χ2v) is 4.35. The number of aromatic nitrogens is 1. The molecule has 0 aliphatic rings. The average Bonchev–Trinajstić information content (AvgIpc) is 2.09. The Morgan fingerprint density at radius 2 is 2.23 bits per heavy atom. The first-order chi connectivity index (χ1) is 5.99. The predicted molar refractivity (Wildman–Crippen MR) is 58.5 cm³/mol. The van der Waals surface area contributed by atoms with E-state index >= 15 is 0 Å². The number of hydrogen-bond acceptors (Lipinski definition) is 2. The monoisotopic (exact) mass is 242 g/mol. The second kappa shape index (κ2) is 3.76. The Kier molecular flexibility index (Phi) is 3.09. The number of hydrogen-bond donors (Lipinski definition) is 1. The van der Waals surface area contributed by atoms with E-state index in [0.29, 0.717) is 0 Å². The van der Waals surface area contributed by atoms with Gasteiger partial charge in [0.25, 0.3) is 0 Å². The van der Waals surface area contributed by atoms with E-state index in [2.05, 4.69) is 27.8 Å². The Bertz CT molecular complexity index is 308. The van der Waals surface area contributed by atoms with Crippen molar-refractivity contribution >= 4 is 15.9 Å². The molecule has 13 heavy (non-hydrogen) atoms. The lowest BCUT2D eigenvalue weighted by Crippen LogP contribution is -2.33. The van der Waals surface area contributed by atoms with Gasteiger partial charge in [0, 0.05) is 10.7 Å².